The molecule has 0 spiro atoms. The van der Waals surface area contributed by atoms with Crippen LogP contribution >= 0.6 is 0 Å². The summed E-state index contributed by atoms with van der Waals surface area (Å²) in [4.78, 5) is 18.0. The van der Waals surface area contributed by atoms with Crippen LogP contribution in [0.25, 0.3) is 0 Å². The summed E-state index contributed by atoms with van der Waals surface area (Å²) < 4.78 is 29.4. The third kappa shape index (κ3) is 4.10. The molecule has 0 saturated carbocycles. The highest BCUT2D eigenvalue weighted by molar-refractivity contribution is 5.95. The third-order valence-electron chi connectivity index (χ3n) is 3.50. The maximum Gasteiger partial charge on any atom is 0.276 e. The summed E-state index contributed by atoms with van der Waals surface area (Å²) in [6.07, 6.45) is 0.279. The fraction of sp³-hybridized carbons (Fsp3) is 0.571. The molecule has 1 amide bonds. The van der Waals surface area contributed by atoms with Crippen molar-refractivity contribution in [2.75, 3.05) is 26.3 Å². The van der Waals surface area contributed by atoms with Gasteiger partial charge in [-0.2, -0.15) is 0 Å². The first-order chi connectivity index (χ1) is 10.1. The number of ether oxygens (including phenoxy) is 1. The Morgan fingerprint density at radius 1 is 1.48 bits per heavy atom. The Morgan fingerprint density at radius 2 is 2.19 bits per heavy atom. The maximum atomic E-state index is 12.4. The standard InChI is InChI=1S/C14H18F2N2O3/c15-12(16)9-21-11-2-1-5-17-13(11)14(20)18-6-3-10(8-19)4-7-18/h1-2,5,10,12,19H,3-4,6-9H2. The molecule has 0 aliphatic carbocycles. The van der Waals surface area contributed by atoms with Gasteiger partial charge in [0.25, 0.3) is 12.3 Å². The van der Waals surface area contributed by atoms with E-state index in [1.807, 2.05) is 0 Å². The molecule has 0 bridgehead atoms. The largest absolute Gasteiger partial charge is 0.485 e. The van der Waals surface area contributed by atoms with E-state index in [2.05, 4.69) is 4.98 Å². The molecule has 5 nitrogen and oxygen atoms in total. The van der Waals surface area contributed by atoms with Crippen LogP contribution in [0.15, 0.2) is 18.3 Å². The van der Waals surface area contributed by atoms with Gasteiger partial charge >= 0.3 is 0 Å². The van der Waals surface area contributed by atoms with Gasteiger partial charge in [0.05, 0.1) is 0 Å². The highest BCUT2D eigenvalue weighted by Crippen LogP contribution is 2.22. The van der Waals surface area contributed by atoms with Crippen LogP contribution in [0.3, 0.4) is 0 Å². The summed E-state index contributed by atoms with van der Waals surface area (Å²) in [5.41, 5.74) is 0.0561. The molecule has 1 N–H and O–H groups in total. The van der Waals surface area contributed by atoms with Crippen LogP contribution in [0.1, 0.15) is 23.3 Å². The zero-order valence-electron chi connectivity index (χ0n) is 11.5. The average Bonchev–Trinajstić information content (AvgIpc) is 2.52. The number of halogens is 2. The van der Waals surface area contributed by atoms with Gasteiger partial charge in [-0.15, -0.1) is 0 Å². The van der Waals surface area contributed by atoms with Crippen LogP contribution in [-0.2, 0) is 0 Å². The number of aliphatic hydroxyl groups excluding tert-OH is 1. The zero-order valence-corrected chi connectivity index (χ0v) is 11.5. The number of piperidine rings is 1. The number of aromatic nitrogens is 1. The van der Waals surface area contributed by atoms with Crippen molar-refractivity contribution in [3.05, 3.63) is 24.0 Å². The van der Waals surface area contributed by atoms with Gasteiger partial charge in [-0.1, -0.05) is 0 Å². The lowest BCUT2D eigenvalue weighted by molar-refractivity contribution is 0.0620. The first kappa shape index (κ1) is 15.6. The lowest BCUT2D eigenvalue weighted by atomic mass is 9.97. The van der Waals surface area contributed by atoms with Gasteiger partial charge in [-0.25, -0.2) is 13.8 Å². The molecule has 2 rings (SSSR count). The number of amides is 1. The average molecular weight is 300 g/mol. The first-order valence-corrected chi connectivity index (χ1v) is 6.88. The van der Waals surface area contributed by atoms with E-state index < -0.39 is 13.0 Å². The van der Waals surface area contributed by atoms with Crippen molar-refractivity contribution < 1.29 is 23.4 Å². The molecule has 0 radical (unpaired) electrons. The smallest absolute Gasteiger partial charge is 0.276 e. The molecule has 2 heterocycles. The number of pyridine rings is 1. The van der Waals surface area contributed by atoms with Crippen LogP contribution in [-0.4, -0.2) is 53.6 Å². The Kier molecular flexibility index (Phi) is 5.44. The molecule has 1 aromatic heterocycles. The van der Waals surface area contributed by atoms with E-state index in [0.717, 1.165) is 12.8 Å². The van der Waals surface area contributed by atoms with E-state index in [0.29, 0.717) is 13.1 Å². The van der Waals surface area contributed by atoms with Crippen LogP contribution in [0.4, 0.5) is 8.78 Å². The van der Waals surface area contributed by atoms with E-state index in [1.54, 1.807) is 4.90 Å². The lowest BCUT2D eigenvalue weighted by Crippen LogP contribution is -2.39. The predicted molar refractivity (Wildman–Crippen MR) is 71.4 cm³/mol. The topological polar surface area (TPSA) is 62.7 Å². The number of rotatable bonds is 5. The number of alkyl halides is 2. The summed E-state index contributed by atoms with van der Waals surface area (Å²) >= 11 is 0. The summed E-state index contributed by atoms with van der Waals surface area (Å²) in [6, 6.07) is 3.00. The summed E-state index contributed by atoms with van der Waals surface area (Å²) in [5.74, 6) is -0.0318. The number of aliphatic hydroxyl groups is 1. The maximum absolute atomic E-state index is 12.4. The minimum Gasteiger partial charge on any atom is -0.485 e. The fourth-order valence-electron chi connectivity index (χ4n) is 2.29. The number of nitrogens with zero attached hydrogens (tertiary/aromatic N) is 2. The second-order valence-electron chi connectivity index (χ2n) is 4.97. The minimum atomic E-state index is -2.60. The number of likely N-dealkylation sites (tertiary alicyclic amines) is 1. The first-order valence-electron chi connectivity index (χ1n) is 6.88. The van der Waals surface area contributed by atoms with Crippen LogP contribution in [0.5, 0.6) is 5.75 Å². The highest BCUT2D eigenvalue weighted by atomic mass is 19.3. The van der Waals surface area contributed by atoms with Crippen molar-refractivity contribution >= 4 is 5.91 Å². The number of carbonyl (C=O) groups is 1. The second-order valence-corrected chi connectivity index (χ2v) is 4.97. The van der Waals surface area contributed by atoms with Crippen molar-refractivity contribution in [1.29, 1.82) is 0 Å². The molecule has 0 atom stereocenters. The SMILES string of the molecule is O=C(c1ncccc1OCC(F)F)N1CCC(CO)CC1. The van der Waals surface area contributed by atoms with Crippen molar-refractivity contribution in [3.63, 3.8) is 0 Å². The van der Waals surface area contributed by atoms with Gasteiger partial charge in [-0.3, -0.25) is 4.79 Å². The van der Waals surface area contributed by atoms with E-state index in [4.69, 9.17) is 9.84 Å². The Balaban J connectivity index is 2.05. The van der Waals surface area contributed by atoms with E-state index >= 15 is 0 Å². The monoisotopic (exact) mass is 300 g/mol. The van der Waals surface area contributed by atoms with E-state index in [9.17, 15) is 13.6 Å². The van der Waals surface area contributed by atoms with Crippen molar-refractivity contribution in [1.82, 2.24) is 9.88 Å². The molecular weight excluding hydrogens is 282 g/mol. The van der Waals surface area contributed by atoms with Gasteiger partial charge in [0.2, 0.25) is 0 Å². The number of hydrogen-bond donors (Lipinski definition) is 1. The highest BCUT2D eigenvalue weighted by Gasteiger charge is 2.26. The van der Waals surface area contributed by atoms with Gasteiger partial charge in [0.15, 0.2) is 11.4 Å². The Labute approximate surface area is 121 Å². The Morgan fingerprint density at radius 3 is 2.81 bits per heavy atom. The fourth-order valence-corrected chi connectivity index (χ4v) is 2.29. The number of carbonyl (C=O) groups excluding carboxylic acids is 1. The molecule has 1 aliphatic heterocycles. The van der Waals surface area contributed by atoms with E-state index in [1.165, 1.54) is 18.3 Å². The van der Waals surface area contributed by atoms with Crippen LogP contribution in [0, 0.1) is 5.92 Å². The van der Waals surface area contributed by atoms with Gasteiger partial charge in [0.1, 0.15) is 6.61 Å². The molecule has 1 fully saturated rings. The molecule has 7 heteroatoms. The van der Waals surface area contributed by atoms with Crippen LogP contribution < -0.4 is 4.74 Å². The van der Waals surface area contributed by atoms with Gasteiger partial charge < -0.3 is 14.7 Å². The summed E-state index contributed by atoms with van der Waals surface area (Å²) in [5, 5.41) is 9.09. The van der Waals surface area contributed by atoms with Crippen LogP contribution in [0.2, 0.25) is 0 Å². The van der Waals surface area contributed by atoms with Crippen molar-refractivity contribution in [3.8, 4) is 5.75 Å². The Bertz CT molecular complexity index is 477. The van der Waals surface area contributed by atoms with E-state index in [-0.39, 0.29) is 29.9 Å². The van der Waals surface area contributed by atoms with Gasteiger partial charge in [-0.05, 0) is 30.9 Å². The Hall–Kier alpha value is -1.76. The molecule has 1 aliphatic rings. The number of hydrogen-bond acceptors (Lipinski definition) is 4. The minimum absolute atomic E-state index is 0.0561. The zero-order chi connectivity index (χ0) is 15.2. The quantitative estimate of drug-likeness (QED) is 0.896. The van der Waals surface area contributed by atoms with Gasteiger partial charge in [0, 0.05) is 25.9 Å². The summed E-state index contributed by atoms with van der Waals surface area (Å²) in [6.45, 7) is 0.400. The third-order valence-corrected chi connectivity index (χ3v) is 3.50. The second kappa shape index (κ2) is 7.31. The lowest BCUT2D eigenvalue weighted by Gasteiger charge is -2.31. The molecular formula is C14H18F2N2O3. The molecule has 116 valence electrons. The molecule has 21 heavy (non-hydrogen) atoms. The predicted octanol–water partition coefficient (Wildman–Crippen LogP) is 1.57. The normalized spacial score (nSPS) is 16.3. The molecule has 0 aromatic carbocycles. The van der Waals surface area contributed by atoms with Crippen molar-refractivity contribution in [2.45, 2.75) is 19.3 Å². The molecule has 0 unspecified atom stereocenters. The van der Waals surface area contributed by atoms with Crippen molar-refractivity contribution in [2.24, 2.45) is 5.92 Å². The molecule has 1 saturated heterocycles. The molecule has 1 aromatic rings. The summed E-state index contributed by atoms with van der Waals surface area (Å²) in [7, 11) is 0.